The topological polar surface area (TPSA) is 64.7 Å². The molecule has 1 aromatic rings. The van der Waals surface area contributed by atoms with Crippen LogP contribution < -0.4 is 15.5 Å². The molecule has 0 aliphatic heterocycles. The number of rotatable bonds is 8. The zero-order chi connectivity index (χ0) is 18.1. The third-order valence-electron chi connectivity index (χ3n) is 3.67. The number of amides is 3. The molecule has 0 heterocycles. The molecule has 0 aromatic heterocycles. The van der Waals surface area contributed by atoms with Crippen molar-refractivity contribution in [3.05, 3.63) is 23.8 Å². The lowest BCUT2D eigenvalue weighted by Gasteiger charge is -2.25. The van der Waals surface area contributed by atoms with Crippen molar-refractivity contribution in [2.45, 2.75) is 40.2 Å². The Hall–Kier alpha value is -2.24. The highest BCUT2D eigenvalue weighted by atomic mass is 16.2. The second kappa shape index (κ2) is 9.80. The van der Waals surface area contributed by atoms with Gasteiger partial charge in [-0.15, -0.1) is 0 Å². The summed E-state index contributed by atoms with van der Waals surface area (Å²) in [6, 6.07) is 5.56. The minimum Gasteiger partial charge on any atom is -0.377 e. The Kier molecular flexibility index (Phi) is 8.09. The molecule has 0 radical (unpaired) electrons. The van der Waals surface area contributed by atoms with E-state index in [-0.39, 0.29) is 11.9 Å². The zero-order valence-electron chi connectivity index (χ0n) is 15.5. The van der Waals surface area contributed by atoms with E-state index in [2.05, 4.69) is 17.6 Å². The number of anilines is 2. The summed E-state index contributed by atoms with van der Waals surface area (Å²) >= 11 is 0. The summed E-state index contributed by atoms with van der Waals surface area (Å²) < 4.78 is 0. The highest BCUT2D eigenvalue weighted by molar-refractivity contribution is 5.89. The van der Waals surface area contributed by atoms with Crippen molar-refractivity contribution in [1.82, 2.24) is 10.2 Å². The highest BCUT2D eigenvalue weighted by Crippen LogP contribution is 2.25. The van der Waals surface area contributed by atoms with Gasteiger partial charge in [-0.1, -0.05) is 13.8 Å². The summed E-state index contributed by atoms with van der Waals surface area (Å²) in [4.78, 5) is 27.8. The van der Waals surface area contributed by atoms with Gasteiger partial charge in [0.05, 0.1) is 0 Å². The molecule has 1 rings (SSSR count). The Morgan fingerprint density at radius 2 is 1.83 bits per heavy atom. The third-order valence-corrected chi connectivity index (χ3v) is 3.67. The number of hydrogen-bond donors (Lipinski definition) is 2. The summed E-state index contributed by atoms with van der Waals surface area (Å²) in [7, 11) is 3.95. The maximum Gasteiger partial charge on any atom is 0.319 e. The van der Waals surface area contributed by atoms with Crippen LogP contribution in [0.1, 0.15) is 39.2 Å². The van der Waals surface area contributed by atoms with Crippen LogP contribution in [-0.2, 0) is 11.3 Å². The number of urea groups is 1. The quantitative estimate of drug-likeness (QED) is 0.768. The first-order valence-electron chi connectivity index (χ1n) is 8.55. The fourth-order valence-corrected chi connectivity index (χ4v) is 2.55. The number of nitrogens with zero attached hydrogens (tertiary/aromatic N) is 2. The molecule has 0 aliphatic rings. The van der Waals surface area contributed by atoms with Crippen LogP contribution in [-0.4, -0.2) is 44.0 Å². The molecule has 0 atom stereocenters. The SMILES string of the molecule is CCCN(Cc1cc(NC(=O)NCC)ccc1N(C)C)C(=O)CC. The fourth-order valence-electron chi connectivity index (χ4n) is 2.55. The van der Waals surface area contributed by atoms with Crippen LogP contribution in [0.2, 0.25) is 0 Å². The predicted octanol–water partition coefficient (Wildman–Crippen LogP) is 3.04. The van der Waals surface area contributed by atoms with Crippen molar-refractivity contribution in [2.24, 2.45) is 0 Å². The van der Waals surface area contributed by atoms with Gasteiger partial charge in [0.2, 0.25) is 5.91 Å². The van der Waals surface area contributed by atoms with Gasteiger partial charge in [0.1, 0.15) is 0 Å². The molecule has 3 amide bonds. The Bertz CT molecular complexity index is 558. The summed E-state index contributed by atoms with van der Waals surface area (Å²) in [6.45, 7) is 7.66. The number of carbonyl (C=O) groups is 2. The number of hydrogen-bond acceptors (Lipinski definition) is 3. The summed E-state index contributed by atoms with van der Waals surface area (Å²) in [6.07, 6.45) is 1.41. The minimum atomic E-state index is -0.226. The molecule has 0 bridgehead atoms. The first-order chi connectivity index (χ1) is 11.4. The zero-order valence-corrected chi connectivity index (χ0v) is 15.5. The van der Waals surface area contributed by atoms with Gasteiger partial charge in [0.15, 0.2) is 0 Å². The molecule has 1 aromatic carbocycles. The Morgan fingerprint density at radius 1 is 1.12 bits per heavy atom. The molecular weight excluding hydrogens is 304 g/mol. The maximum absolute atomic E-state index is 12.2. The molecule has 0 spiro atoms. The van der Waals surface area contributed by atoms with Gasteiger partial charge in [-0.3, -0.25) is 4.79 Å². The van der Waals surface area contributed by atoms with Crippen LogP contribution in [0.25, 0.3) is 0 Å². The second-order valence-corrected chi connectivity index (χ2v) is 5.89. The van der Waals surface area contributed by atoms with E-state index in [1.165, 1.54) is 0 Å². The number of carbonyl (C=O) groups excluding carboxylic acids is 2. The van der Waals surface area contributed by atoms with E-state index in [1.807, 2.05) is 55.9 Å². The van der Waals surface area contributed by atoms with Crippen LogP contribution in [0.3, 0.4) is 0 Å². The first kappa shape index (κ1) is 19.8. The lowest BCUT2D eigenvalue weighted by atomic mass is 10.1. The number of nitrogens with one attached hydrogen (secondary N) is 2. The summed E-state index contributed by atoms with van der Waals surface area (Å²) in [5, 5.41) is 5.54. The van der Waals surface area contributed by atoms with Crippen molar-refractivity contribution in [3.8, 4) is 0 Å². The summed E-state index contributed by atoms with van der Waals surface area (Å²) in [5.41, 5.74) is 2.79. The second-order valence-electron chi connectivity index (χ2n) is 5.89. The Labute approximate surface area is 145 Å². The smallest absolute Gasteiger partial charge is 0.319 e. The van der Waals surface area contributed by atoms with E-state index in [9.17, 15) is 9.59 Å². The lowest BCUT2D eigenvalue weighted by molar-refractivity contribution is -0.131. The molecule has 0 aliphatic carbocycles. The van der Waals surface area contributed by atoms with Gasteiger partial charge in [0.25, 0.3) is 0 Å². The monoisotopic (exact) mass is 334 g/mol. The van der Waals surface area contributed by atoms with Crippen molar-refractivity contribution < 1.29 is 9.59 Å². The van der Waals surface area contributed by atoms with E-state index < -0.39 is 0 Å². The lowest BCUT2D eigenvalue weighted by Crippen LogP contribution is -2.31. The van der Waals surface area contributed by atoms with Gasteiger partial charge >= 0.3 is 6.03 Å². The molecule has 6 nitrogen and oxygen atoms in total. The number of benzene rings is 1. The molecule has 2 N–H and O–H groups in total. The first-order valence-corrected chi connectivity index (χ1v) is 8.55. The average molecular weight is 334 g/mol. The van der Waals surface area contributed by atoms with E-state index >= 15 is 0 Å². The molecule has 0 fully saturated rings. The van der Waals surface area contributed by atoms with Gasteiger partial charge in [-0.25, -0.2) is 4.79 Å². The van der Waals surface area contributed by atoms with E-state index in [0.717, 1.165) is 29.9 Å². The molecule has 0 unspecified atom stereocenters. The van der Waals surface area contributed by atoms with Crippen LogP contribution in [0.4, 0.5) is 16.2 Å². The largest absolute Gasteiger partial charge is 0.377 e. The van der Waals surface area contributed by atoms with Crippen LogP contribution >= 0.6 is 0 Å². The minimum absolute atomic E-state index is 0.142. The Morgan fingerprint density at radius 3 is 2.38 bits per heavy atom. The molecule has 0 saturated heterocycles. The predicted molar refractivity (Wildman–Crippen MR) is 99.5 cm³/mol. The van der Waals surface area contributed by atoms with Gasteiger partial charge in [0, 0.05) is 51.5 Å². The standard InChI is InChI=1S/C18H30N4O2/c1-6-11-22(17(23)7-2)13-14-12-15(20-18(24)19-8-3)9-10-16(14)21(4)5/h9-10,12H,6-8,11,13H2,1-5H3,(H2,19,20,24). The molecule has 134 valence electrons. The van der Waals surface area contributed by atoms with Crippen molar-refractivity contribution >= 4 is 23.3 Å². The summed E-state index contributed by atoms with van der Waals surface area (Å²) in [5.74, 6) is 0.142. The van der Waals surface area contributed by atoms with Gasteiger partial charge < -0.3 is 20.4 Å². The normalized spacial score (nSPS) is 10.2. The highest BCUT2D eigenvalue weighted by Gasteiger charge is 2.15. The van der Waals surface area contributed by atoms with Crippen molar-refractivity contribution in [3.63, 3.8) is 0 Å². The van der Waals surface area contributed by atoms with E-state index in [4.69, 9.17) is 0 Å². The third kappa shape index (κ3) is 5.76. The molecule has 6 heteroatoms. The van der Waals surface area contributed by atoms with E-state index in [0.29, 0.717) is 19.5 Å². The fraction of sp³-hybridized carbons (Fsp3) is 0.556. The maximum atomic E-state index is 12.2. The molecule has 0 saturated carbocycles. The Balaban J connectivity index is 3.07. The van der Waals surface area contributed by atoms with Crippen molar-refractivity contribution in [2.75, 3.05) is 37.4 Å². The van der Waals surface area contributed by atoms with Crippen LogP contribution in [0, 0.1) is 0 Å². The van der Waals surface area contributed by atoms with E-state index in [1.54, 1.807) is 0 Å². The van der Waals surface area contributed by atoms with Crippen LogP contribution in [0.15, 0.2) is 18.2 Å². The van der Waals surface area contributed by atoms with Crippen LogP contribution in [0.5, 0.6) is 0 Å². The molecular formula is C18H30N4O2. The van der Waals surface area contributed by atoms with Crippen molar-refractivity contribution in [1.29, 1.82) is 0 Å². The van der Waals surface area contributed by atoms with Gasteiger partial charge in [-0.05, 0) is 37.1 Å². The average Bonchev–Trinajstić information content (AvgIpc) is 2.53. The molecule has 24 heavy (non-hydrogen) atoms. The van der Waals surface area contributed by atoms with Gasteiger partial charge in [-0.2, -0.15) is 0 Å².